The lowest BCUT2D eigenvalue weighted by Crippen LogP contribution is -2.37. The Morgan fingerprint density at radius 3 is 2.62 bits per heavy atom. The minimum Gasteiger partial charge on any atom is -0.454 e. The summed E-state index contributed by atoms with van der Waals surface area (Å²) in [7, 11) is 0. The van der Waals surface area contributed by atoms with Gasteiger partial charge in [0.2, 0.25) is 6.79 Å². The molecule has 0 saturated heterocycles. The molecule has 0 bridgehead atoms. The number of halogens is 1. The van der Waals surface area contributed by atoms with Gasteiger partial charge in [-0.1, -0.05) is 29.8 Å². The van der Waals surface area contributed by atoms with Gasteiger partial charge in [-0.2, -0.15) is 0 Å². The molecule has 0 aliphatic carbocycles. The van der Waals surface area contributed by atoms with E-state index in [0.717, 1.165) is 52.0 Å². The average molecular weight is 447 g/mol. The number of hydrogen-bond donors (Lipinski definition) is 3. The van der Waals surface area contributed by atoms with Crippen LogP contribution in [0.5, 0.6) is 11.5 Å². The lowest BCUT2D eigenvalue weighted by molar-refractivity contribution is 0.174. The van der Waals surface area contributed by atoms with Gasteiger partial charge in [0.05, 0.1) is 17.4 Å². The number of ether oxygens (including phenoxy) is 2. The molecule has 0 spiro atoms. The van der Waals surface area contributed by atoms with Crippen LogP contribution in [0.25, 0.3) is 16.8 Å². The maximum absolute atomic E-state index is 6.10. The molecule has 0 amide bonds. The maximum Gasteiger partial charge on any atom is 0.231 e. The van der Waals surface area contributed by atoms with Gasteiger partial charge in [0.25, 0.3) is 0 Å². The summed E-state index contributed by atoms with van der Waals surface area (Å²) in [4.78, 5) is 0. The zero-order chi connectivity index (χ0) is 21.7. The molecule has 1 atom stereocenters. The number of benzene rings is 3. The van der Waals surface area contributed by atoms with Crippen LogP contribution >= 0.6 is 11.6 Å². The molecular formula is C25H23ClN4O2. The highest BCUT2D eigenvalue weighted by atomic mass is 35.5. The van der Waals surface area contributed by atoms with Crippen molar-refractivity contribution < 1.29 is 9.47 Å². The van der Waals surface area contributed by atoms with Crippen LogP contribution in [0.15, 0.2) is 66.4 Å². The summed E-state index contributed by atoms with van der Waals surface area (Å²) in [5, 5.41) is 6.66. The molecule has 3 aliphatic rings. The highest BCUT2D eigenvalue weighted by molar-refractivity contribution is 6.30. The highest BCUT2D eigenvalue weighted by Crippen LogP contribution is 2.41. The van der Waals surface area contributed by atoms with E-state index in [9.17, 15) is 0 Å². The first-order valence-electron chi connectivity index (χ1n) is 10.7. The fourth-order valence-electron chi connectivity index (χ4n) is 4.62. The number of nitrogens with one attached hydrogen (secondary N) is 3. The van der Waals surface area contributed by atoms with Crippen LogP contribution in [-0.2, 0) is 0 Å². The summed E-state index contributed by atoms with van der Waals surface area (Å²) >= 11 is 6.10. The van der Waals surface area contributed by atoms with E-state index < -0.39 is 0 Å². The van der Waals surface area contributed by atoms with E-state index in [0.29, 0.717) is 0 Å². The van der Waals surface area contributed by atoms with E-state index in [4.69, 9.17) is 21.1 Å². The quantitative estimate of drug-likeness (QED) is 0.507. The van der Waals surface area contributed by atoms with Crippen molar-refractivity contribution in [2.24, 2.45) is 0 Å². The Labute approximate surface area is 191 Å². The maximum atomic E-state index is 6.10. The van der Waals surface area contributed by atoms with Crippen LogP contribution in [0, 0.1) is 0 Å². The number of anilines is 1. The first-order chi connectivity index (χ1) is 15.7. The van der Waals surface area contributed by atoms with Gasteiger partial charge < -0.3 is 20.2 Å². The Hall–Kier alpha value is -3.35. The first kappa shape index (κ1) is 19.3. The molecule has 0 aromatic heterocycles. The number of fused-ring (bicyclic) bond motifs is 4. The van der Waals surface area contributed by atoms with Crippen molar-refractivity contribution in [1.29, 1.82) is 0 Å². The third kappa shape index (κ3) is 3.32. The Kier molecular flexibility index (Phi) is 4.63. The zero-order valence-corrected chi connectivity index (χ0v) is 18.4. The largest absolute Gasteiger partial charge is 0.454 e. The molecule has 3 aromatic carbocycles. The lowest BCUT2D eigenvalue weighted by atomic mass is 9.92. The first-order valence-corrected chi connectivity index (χ1v) is 11.1. The summed E-state index contributed by atoms with van der Waals surface area (Å²) in [6, 6.07) is 20.8. The average Bonchev–Trinajstić information content (AvgIpc) is 3.39. The van der Waals surface area contributed by atoms with Crippen molar-refractivity contribution in [2.75, 3.05) is 18.7 Å². The van der Waals surface area contributed by atoms with Gasteiger partial charge in [0.15, 0.2) is 11.5 Å². The van der Waals surface area contributed by atoms with Crippen LogP contribution < -0.4 is 25.8 Å². The molecule has 1 unspecified atom stereocenters. The third-order valence-corrected chi connectivity index (χ3v) is 6.47. The number of allylic oxidation sites excluding steroid dienone is 1. The Morgan fingerprint density at radius 2 is 1.75 bits per heavy atom. The molecule has 7 heteroatoms. The van der Waals surface area contributed by atoms with Crippen molar-refractivity contribution in [3.8, 4) is 22.6 Å². The van der Waals surface area contributed by atoms with Crippen molar-refractivity contribution in [3.05, 3.63) is 82.5 Å². The van der Waals surface area contributed by atoms with Gasteiger partial charge in [-0.15, -0.1) is 5.53 Å². The van der Waals surface area contributed by atoms with Crippen LogP contribution in [0.3, 0.4) is 0 Å². The molecule has 3 N–H and O–H groups in total. The summed E-state index contributed by atoms with van der Waals surface area (Å²) in [6.07, 6.45) is 0.936. The topological polar surface area (TPSA) is 57.8 Å². The Morgan fingerprint density at radius 1 is 0.969 bits per heavy atom. The summed E-state index contributed by atoms with van der Waals surface area (Å²) in [5.74, 6) is 1.59. The number of nitrogens with zero attached hydrogens (tertiary/aromatic N) is 1. The lowest BCUT2D eigenvalue weighted by Gasteiger charge is -2.21. The molecule has 6 rings (SSSR count). The molecule has 0 radical (unpaired) electrons. The standard InChI is InChI=1S/C25H23ClN4O2/c1-15-25-20-8-2-16(17-3-9-23-24(13-17)32-14-31-23)12-21(20)22(10-11-30(25)29-28-15)27-19-6-4-18(26)5-7-19/h2-9,12-13,22,27-29H,10-11,14H2,1H3. The van der Waals surface area contributed by atoms with Crippen LogP contribution in [0.2, 0.25) is 5.02 Å². The molecule has 0 saturated carbocycles. The second-order valence-corrected chi connectivity index (χ2v) is 8.66. The van der Waals surface area contributed by atoms with Crippen molar-refractivity contribution in [2.45, 2.75) is 19.4 Å². The Balaban J connectivity index is 1.44. The molecule has 32 heavy (non-hydrogen) atoms. The van der Waals surface area contributed by atoms with Gasteiger partial charge in [0.1, 0.15) is 0 Å². The minimum absolute atomic E-state index is 0.146. The molecule has 0 fully saturated rings. The van der Waals surface area contributed by atoms with E-state index in [1.165, 1.54) is 16.8 Å². The summed E-state index contributed by atoms with van der Waals surface area (Å²) in [5.41, 5.74) is 14.7. The molecule has 3 aromatic rings. The normalized spacial score (nSPS) is 18.7. The molecule has 162 valence electrons. The van der Waals surface area contributed by atoms with Crippen molar-refractivity contribution in [1.82, 2.24) is 16.0 Å². The van der Waals surface area contributed by atoms with E-state index in [-0.39, 0.29) is 12.8 Å². The van der Waals surface area contributed by atoms with Gasteiger partial charge in [-0.05, 0) is 72.5 Å². The molecular weight excluding hydrogens is 424 g/mol. The van der Waals surface area contributed by atoms with E-state index in [1.54, 1.807) is 0 Å². The van der Waals surface area contributed by atoms with Crippen LogP contribution in [-0.4, -0.2) is 18.3 Å². The van der Waals surface area contributed by atoms with E-state index >= 15 is 0 Å². The summed E-state index contributed by atoms with van der Waals surface area (Å²) < 4.78 is 11.1. The number of hydrazine groups is 2. The fraction of sp³-hybridized carbons (Fsp3) is 0.200. The van der Waals surface area contributed by atoms with Gasteiger partial charge in [-0.25, -0.2) is 0 Å². The number of rotatable bonds is 3. The second-order valence-electron chi connectivity index (χ2n) is 8.22. The smallest absolute Gasteiger partial charge is 0.231 e. The van der Waals surface area contributed by atoms with Gasteiger partial charge in [-0.3, -0.25) is 5.01 Å². The van der Waals surface area contributed by atoms with E-state index in [1.807, 2.05) is 30.3 Å². The predicted molar refractivity (Wildman–Crippen MR) is 126 cm³/mol. The SMILES string of the molecule is CC1=C2c3ccc(-c4ccc5c(c4)OCO5)cc3C(Nc3ccc(Cl)cc3)CCN2NN1. The second kappa shape index (κ2) is 7.65. The van der Waals surface area contributed by atoms with Crippen LogP contribution in [0.1, 0.15) is 30.5 Å². The highest BCUT2D eigenvalue weighted by Gasteiger charge is 2.30. The predicted octanol–water partition coefficient (Wildman–Crippen LogP) is 5.31. The summed E-state index contributed by atoms with van der Waals surface area (Å²) in [6.45, 7) is 3.25. The van der Waals surface area contributed by atoms with Crippen molar-refractivity contribution >= 4 is 23.0 Å². The Bertz CT molecular complexity index is 1230. The van der Waals surface area contributed by atoms with Crippen molar-refractivity contribution in [3.63, 3.8) is 0 Å². The minimum atomic E-state index is 0.146. The number of hydrogen-bond acceptors (Lipinski definition) is 6. The monoisotopic (exact) mass is 446 g/mol. The third-order valence-electron chi connectivity index (χ3n) is 6.22. The zero-order valence-electron chi connectivity index (χ0n) is 17.6. The molecule has 6 nitrogen and oxygen atoms in total. The van der Waals surface area contributed by atoms with Crippen LogP contribution in [0.4, 0.5) is 5.69 Å². The van der Waals surface area contributed by atoms with Gasteiger partial charge in [0, 0.05) is 22.8 Å². The molecule has 3 aliphatic heterocycles. The van der Waals surface area contributed by atoms with Gasteiger partial charge >= 0.3 is 0 Å². The van der Waals surface area contributed by atoms with E-state index in [2.05, 4.69) is 58.5 Å². The fourth-order valence-corrected chi connectivity index (χ4v) is 4.74. The molecule has 3 heterocycles.